The summed E-state index contributed by atoms with van der Waals surface area (Å²) in [6.07, 6.45) is 0.714. The summed E-state index contributed by atoms with van der Waals surface area (Å²) in [4.78, 5) is 39.8. The molecule has 0 aromatic heterocycles. The Morgan fingerprint density at radius 1 is 1.03 bits per heavy atom. The molecule has 180 valence electrons. The number of Topliss-reactive ketones (excluding diaryl/α,β-unsaturated/α-hetero) is 1. The predicted molar refractivity (Wildman–Crippen MR) is 125 cm³/mol. The number of hydrogen-bond acceptors (Lipinski definition) is 6. The average Bonchev–Trinajstić information content (AvgIpc) is 3.41. The lowest BCUT2D eigenvalue weighted by molar-refractivity contribution is -0.139. The average molecular weight is 485 g/mol. The van der Waals surface area contributed by atoms with Crippen LogP contribution in [0.1, 0.15) is 24.0 Å². The van der Waals surface area contributed by atoms with Crippen molar-refractivity contribution in [3.05, 3.63) is 71.8 Å². The molecule has 0 saturated carbocycles. The number of nitrogens with zero attached hydrogens (tertiary/aromatic N) is 1. The number of amides is 2. The first-order chi connectivity index (χ1) is 16.3. The number of benzene rings is 2. The highest BCUT2D eigenvalue weighted by molar-refractivity contribution is 7.90. The second-order valence-electron chi connectivity index (χ2n) is 8.73. The van der Waals surface area contributed by atoms with Crippen LogP contribution in [0.2, 0.25) is 0 Å². The zero-order valence-corrected chi connectivity index (χ0v) is 19.6. The molecule has 2 aliphatic rings. The van der Waals surface area contributed by atoms with E-state index in [1.807, 2.05) is 30.3 Å². The minimum Gasteiger partial charge on any atom is -0.368 e. The second-order valence-corrected chi connectivity index (χ2v) is 10.8. The fourth-order valence-electron chi connectivity index (χ4n) is 4.53. The molecule has 2 aromatic carbocycles. The van der Waals surface area contributed by atoms with Crippen molar-refractivity contribution in [3.8, 4) is 0 Å². The van der Waals surface area contributed by atoms with Gasteiger partial charge in [-0.2, -0.15) is 0 Å². The zero-order valence-electron chi connectivity index (χ0n) is 18.8. The molecule has 8 nitrogen and oxygen atoms in total. The Balaban J connectivity index is 1.48. The number of hydrogen-bond donors (Lipinski definition) is 1. The van der Waals surface area contributed by atoms with Gasteiger partial charge in [-0.15, -0.1) is 0 Å². The molecule has 2 aromatic rings. The molecule has 0 spiro atoms. The number of ketones is 1. The van der Waals surface area contributed by atoms with Crippen LogP contribution in [0, 0.1) is 0 Å². The van der Waals surface area contributed by atoms with Gasteiger partial charge in [-0.25, -0.2) is 8.42 Å². The Kier molecular flexibility index (Phi) is 7.43. The number of ether oxygens (including phenoxy) is 1. The van der Waals surface area contributed by atoms with Crippen LogP contribution >= 0.6 is 0 Å². The Hall–Kier alpha value is -3.04. The number of sulfone groups is 1. The van der Waals surface area contributed by atoms with Crippen molar-refractivity contribution in [2.24, 2.45) is 0 Å². The monoisotopic (exact) mass is 484 g/mol. The molecule has 0 aliphatic carbocycles. The van der Waals surface area contributed by atoms with E-state index in [1.165, 1.54) is 4.90 Å². The summed E-state index contributed by atoms with van der Waals surface area (Å²) in [5, 5.41) is 2.64. The SMILES string of the molecule is O=C(CCc1ccccc1)NC(CS(=O)(=O)Cc1ccccc1)C(=O)N1CCC2OCC(=O)C21. The summed E-state index contributed by atoms with van der Waals surface area (Å²) < 4.78 is 31.4. The molecule has 3 atom stereocenters. The maximum absolute atomic E-state index is 13.4. The molecule has 0 bridgehead atoms. The Morgan fingerprint density at radius 2 is 1.68 bits per heavy atom. The van der Waals surface area contributed by atoms with E-state index in [0.717, 1.165) is 5.56 Å². The molecular formula is C25H28N2O6S. The van der Waals surface area contributed by atoms with Gasteiger partial charge in [-0.3, -0.25) is 14.4 Å². The van der Waals surface area contributed by atoms with Gasteiger partial charge in [0.2, 0.25) is 11.8 Å². The highest BCUT2D eigenvalue weighted by Crippen LogP contribution is 2.27. The van der Waals surface area contributed by atoms with Crippen LogP contribution in [0.5, 0.6) is 0 Å². The number of carbonyl (C=O) groups is 3. The minimum atomic E-state index is -3.74. The summed E-state index contributed by atoms with van der Waals surface area (Å²) in [7, 11) is -3.74. The fraction of sp³-hybridized carbons (Fsp3) is 0.400. The molecule has 0 radical (unpaired) electrons. The van der Waals surface area contributed by atoms with E-state index >= 15 is 0 Å². The molecule has 3 unspecified atom stereocenters. The number of carbonyl (C=O) groups excluding carboxylic acids is 3. The van der Waals surface area contributed by atoms with Crippen molar-refractivity contribution in [1.82, 2.24) is 10.2 Å². The first-order valence-electron chi connectivity index (χ1n) is 11.3. The molecule has 1 N–H and O–H groups in total. The molecule has 2 heterocycles. The van der Waals surface area contributed by atoms with E-state index in [2.05, 4.69) is 5.32 Å². The van der Waals surface area contributed by atoms with E-state index < -0.39 is 39.5 Å². The summed E-state index contributed by atoms with van der Waals surface area (Å²) in [5.74, 6) is -1.96. The number of likely N-dealkylation sites (tertiary alicyclic amines) is 1. The lowest BCUT2D eigenvalue weighted by Gasteiger charge is -2.27. The lowest BCUT2D eigenvalue weighted by Crippen LogP contribution is -2.54. The molecule has 2 fully saturated rings. The molecule has 2 aliphatic heterocycles. The standard InChI is InChI=1S/C25H28N2O6S/c28-21-15-33-22-13-14-27(24(21)22)25(30)20(17-34(31,32)16-19-9-5-2-6-10-19)26-23(29)12-11-18-7-3-1-4-8-18/h1-10,20,22,24H,11-17H2,(H,26,29). The maximum atomic E-state index is 13.4. The largest absolute Gasteiger partial charge is 0.368 e. The smallest absolute Gasteiger partial charge is 0.246 e. The van der Waals surface area contributed by atoms with Crippen LogP contribution < -0.4 is 5.32 Å². The predicted octanol–water partition coefficient (Wildman–Crippen LogP) is 1.29. The number of rotatable bonds is 9. The van der Waals surface area contributed by atoms with Crippen LogP contribution in [-0.2, 0) is 41.1 Å². The third-order valence-corrected chi connectivity index (χ3v) is 7.78. The van der Waals surface area contributed by atoms with Crippen molar-refractivity contribution >= 4 is 27.4 Å². The third kappa shape index (κ3) is 5.90. The van der Waals surface area contributed by atoms with Gasteiger partial charge in [-0.05, 0) is 24.0 Å². The van der Waals surface area contributed by atoms with Gasteiger partial charge in [0, 0.05) is 13.0 Å². The Labute approximate surface area is 199 Å². The van der Waals surface area contributed by atoms with Gasteiger partial charge in [-0.1, -0.05) is 60.7 Å². The maximum Gasteiger partial charge on any atom is 0.246 e. The van der Waals surface area contributed by atoms with Gasteiger partial charge in [0.1, 0.15) is 18.7 Å². The van der Waals surface area contributed by atoms with Crippen molar-refractivity contribution in [1.29, 1.82) is 0 Å². The van der Waals surface area contributed by atoms with Crippen molar-refractivity contribution < 1.29 is 27.5 Å². The normalized spacial score (nSPS) is 20.7. The second kappa shape index (κ2) is 10.5. The van der Waals surface area contributed by atoms with Crippen LogP contribution in [0.3, 0.4) is 0 Å². The molecule has 9 heteroatoms. The molecule has 2 amide bonds. The van der Waals surface area contributed by atoms with Gasteiger partial charge in [0.15, 0.2) is 15.6 Å². The molecular weight excluding hydrogens is 456 g/mol. The van der Waals surface area contributed by atoms with E-state index in [1.54, 1.807) is 30.3 Å². The number of fused-ring (bicyclic) bond motifs is 1. The van der Waals surface area contributed by atoms with Crippen LogP contribution in [0.25, 0.3) is 0 Å². The fourth-order valence-corrected chi connectivity index (χ4v) is 6.08. The highest BCUT2D eigenvalue weighted by Gasteiger charge is 2.48. The molecule has 2 saturated heterocycles. The van der Waals surface area contributed by atoms with Gasteiger partial charge >= 0.3 is 0 Å². The summed E-state index contributed by atoms with van der Waals surface area (Å²) in [6, 6.07) is 16.1. The summed E-state index contributed by atoms with van der Waals surface area (Å²) in [6.45, 7) is 0.231. The van der Waals surface area contributed by atoms with Gasteiger partial charge in [0.05, 0.1) is 17.6 Å². The molecule has 34 heavy (non-hydrogen) atoms. The van der Waals surface area contributed by atoms with E-state index in [-0.39, 0.29) is 37.2 Å². The van der Waals surface area contributed by atoms with Crippen molar-refractivity contribution in [2.75, 3.05) is 18.9 Å². The van der Waals surface area contributed by atoms with Crippen molar-refractivity contribution in [3.63, 3.8) is 0 Å². The third-order valence-electron chi connectivity index (χ3n) is 6.16. The zero-order chi connectivity index (χ0) is 24.1. The van der Waals surface area contributed by atoms with Crippen LogP contribution in [0.4, 0.5) is 0 Å². The lowest BCUT2D eigenvalue weighted by atomic mass is 10.1. The van der Waals surface area contributed by atoms with E-state index in [9.17, 15) is 22.8 Å². The van der Waals surface area contributed by atoms with Gasteiger partial charge in [0.25, 0.3) is 0 Å². The first-order valence-corrected chi connectivity index (χ1v) is 13.2. The van der Waals surface area contributed by atoms with Crippen LogP contribution in [-0.4, -0.2) is 68.0 Å². The summed E-state index contributed by atoms with van der Waals surface area (Å²) in [5.41, 5.74) is 1.57. The van der Waals surface area contributed by atoms with Crippen LogP contribution in [0.15, 0.2) is 60.7 Å². The highest BCUT2D eigenvalue weighted by atomic mass is 32.2. The minimum absolute atomic E-state index is 0.0560. The van der Waals surface area contributed by atoms with Crippen molar-refractivity contribution in [2.45, 2.75) is 43.2 Å². The Morgan fingerprint density at radius 3 is 2.35 bits per heavy atom. The van der Waals surface area contributed by atoms with E-state index in [4.69, 9.17) is 4.74 Å². The van der Waals surface area contributed by atoms with Gasteiger partial charge < -0.3 is 15.0 Å². The molecule has 4 rings (SSSR count). The topological polar surface area (TPSA) is 110 Å². The quantitative estimate of drug-likeness (QED) is 0.574. The Bertz CT molecular complexity index is 1140. The number of nitrogens with one attached hydrogen (secondary N) is 1. The summed E-state index contributed by atoms with van der Waals surface area (Å²) >= 11 is 0. The first kappa shape index (κ1) is 24.1. The number of aryl methyl sites for hydroxylation is 1. The van der Waals surface area contributed by atoms with E-state index in [0.29, 0.717) is 18.4 Å².